The van der Waals surface area contributed by atoms with E-state index in [1.165, 1.54) is 11.1 Å². The number of amides is 2. The van der Waals surface area contributed by atoms with Gasteiger partial charge in [0, 0.05) is 52.5 Å². The van der Waals surface area contributed by atoms with Crippen LogP contribution in [0.3, 0.4) is 0 Å². The standard InChI is InChI=1S/C31H46N6O4/c1-22(2)21-36(25-18-24(19-32-20-25)30(38)35-13-16-41-17-14-35)31(39)29-28(11-4-5-15-40-3)37(34-33-29)27-12-7-9-23-8-6-10-26(23)27/h7,9,12,22,24-25,32H,4-6,8,10-11,13-21H2,1-3H3. The van der Waals surface area contributed by atoms with Gasteiger partial charge in [-0.2, -0.15) is 0 Å². The first kappa shape index (κ1) is 29.7. The van der Waals surface area contributed by atoms with Crippen LogP contribution in [0.4, 0.5) is 0 Å². The zero-order chi connectivity index (χ0) is 28.8. The number of carbonyl (C=O) groups excluding carboxylic acids is 2. The minimum atomic E-state index is -0.162. The molecule has 1 N–H and O–H groups in total. The second kappa shape index (κ2) is 13.9. The Morgan fingerprint density at radius 1 is 1.17 bits per heavy atom. The largest absolute Gasteiger partial charge is 0.385 e. The monoisotopic (exact) mass is 566 g/mol. The molecule has 1 aromatic heterocycles. The number of rotatable bonds is 11. The van der Waals surface area contributed by atoms with Crippen molar-refractivity contribution in [3.8, 4) is 5.69 Å². The number of ether oxygens (including phenoxy) is 2. The Hall–Kier alpha value is -2.82. The van der Waals surface area contributed by atoms with Crippen molar-refractivity contribution in [3.63, 3.8) is 0 Å². The lowest BCUT2D eigenvalue weighted by Crippen LogP contribution is -2.56. The third kappa shape index (κ3) is 6.81. The summed E-state index contributed by atoms with van der Waals surface area (Å²) in [6.45, 7) is 9.26. The summed E-state index contributed by atoms with van der Waals surface area (Å²) in [7, 11) is 1.72. The van der Waals surface area contributed by atoms with Crippen LogP contribution < -0.4 is 5.32 Å². The summed E-state index contributed by atoms with van der Waals surface area (Å²) in [5.41, 5.74) is 5.01. The van der Waals surface area contributed by atoms with Crippen LogP contribution in [0.5, 0.6) is 0 Å². The summed E-state index contributed by atoms with van der Waals surface area (Å²) in [5, 5.41) is 12.6. The second-order valence-electron chi connectivity index (χ2n) is 12.0. The number of piperidine rings is 1. The van der Waals surface area contributed by atoms with Crippen LogP contribution in [0, 0.1) is 11.8 Å². The molecule has 0 saturated carbocycles. The van der Waals surface area contributed by atoms with Gasteiger partial charge in [-0.3, -0.25) is 9.59 Å². The molecule has 2 aliphatic heterocycles. The Morgan fingerprint density at radius 3 is 2.78 bits per heavy atom. The Bertz CT molecular complexity index is 1190. The van der Waals surface area contributed by atoms with Crippen LogP contribution in [-0.4, -0.2) is 102 Å². The van der Waals surface area contributed by atoms with Crippen LogP contribution in [0.15, 0.2) is 18.2 Å². The van der Waals surface area contributed by atoms with E-state index in [0.29, 0.717) is 71.1 Å². The van der Waals surface area contributed by atoms with E-state index in [1.807, 2.05) is 14.5 Å². The zero-order valence-electron chi connectivity index (χ0n) is 24.9. The molecule has 3 heterocycles. The maximum Gasteiger partial charge on any atom is 0.276 e. The fraction of sp³-hybridized carbons (Fsp3) is 0.677. The average molecular weight is 567 g/mol. The quantitative estimate of drug-likeness (QED) is 0.418. The first-order valence-corrected chi connectivity index (χ1v) is 15.4. The third-order valence-corrected chi connectivity index (χ3v) is 8.59. The van der Waals surface area contributed by atoms with E-state index in [-0.39, 0.29) is 29.7 Å². The van der Waals surface area contributed by atoms with Crippen LogP contribution >= 0.6 is 0 Å². The average Bonchev–Trinajstić information content (AvgIpc) is 3.65. The smallest absolute Gasteiger partial charge is 0.276 e. The summed E-state index contributed by atoms with van der Waals surface area (Å²) >= 11 is 0. The highest BCUT2D eigenvalue weighted by atomic mass is 16.5. The molecule has 2 amide bonds. The molecule has 41 heavy (non-hydrogen) atoms. The number of aryl methyl sites for hydroxylation is 1. The lowest BCUT2D eigenvalue weighted by molar-refractivity contribution is -0.140. The van der Waals surface area contributed by atoms with Crippen molar-refractivity contribution in [1.29, 1.82) is 0 Å². The van der Waals surface area contributed by atoms with E-state index in [0.717, 1.165) is 43.5 Å². The number of nitrogens with one attached hydrogen (secondary N) is 1. The van der Waals surface area contributed by atoms with Crippen molar-refractivity contribution >= 4 is 11.8 Å². The molecule has 10 heteroatoms. The molecule has 3 aliphatic rings. The Morgan fingerprint density at radius 2 is 2.00 bits per heavy atom. The lowest BCUT2D eigenvalue weighted by Gasteiger charge is -2.40. The van der Waals surface area contributed by atoms with E-state index in [9.17, 15) is 9.59 Å². The molecule has 2 saturated heterocycles. The number of hydrogen-bond donors (Lipinski definition) is 1. The summed E-state index contributed by atoms with van der Waals surface area (Å²) in [5.74, 6) is 0.174. The summed E-state index contributed by atoms with van der Waals surface area (Å²) in [6, 6.07) is 6.29. The molecule has 1 aromatic carbocycles. The van der Waals surface area contributed by atoms with Crippen molar-refractivity contribution in [3.05, 3.63) is 40.7 Å². The van der Waals surface area contributed by atoms with Gasteiger partial charge in [0.2, 0.25) is 5.91 Å². The van der Waals surface area contributed by atoms with E-state index >= 15 is 0 Å². The van der Waals surface area contributed by atoms with Crippen LogP contribution in [0.25, 0.3) is 5.69 Å². The van der Waals surface area contributed by atoms with Gasteiger partial charge in [0.05, 0.1) is 30.5 Å². The molecule has 2 atom stereocenters. The normalized spacial score (nSPS) is 20.8. The molecule has 10 nitrogen and oxygen atoms in total. The topological polar surface area (TPSA) is 102 Å². The molecule has 2 fully saturated rings. The molecular weight excluding hydrogens is 520 g/mol. The SMILES string of the molecule is COCCCCc1c(C(=O)N(CC(C)C)C2CNCC(C(=O)N3CCOCC3)C2)nnn1-c1cccc2c1CCC2. The van der Waals surface area contributed by atoms with Crippen molar-refractivity contribution in [2.45, 2.75) is 64.8 Å². The number of nitrogens with zero attached hydrogens (tertiary/aromatic N) is 5. The predicted molar refractivity (Wildman–Crippen MR) is 156 cm³/mol. The molecule has 1 aliphatic carbocycles. The van der Waals surface area contributed by atoms with Gasteiger partial charge in [-0.05, 0) is 68.1 Å². The molecule has 224 valence electrons. The highest BCUT2D eigenvalue weighted by Crippen LogP contribution is 2.30. The molecular formula is C31H46N6O4. The highest BCUT2D eigenvalue weighted by molar-refractivity contribution is 5.94. The van der Waals surface area contributed by atoms with Gasteiger partial charge < -0.3 is 24.6 Å². The molecule has 5 rings (SSSR count). The molecule has 2 unspecified atom stereocenters. The Balaban J connectivity index is 1.42. The first-order chi connectivity index (χ1) is 20.0. The number of unbranched alkanes of at least 4 members (excludes halogenated alkanes) is 1. The highest BCUT2D eigenvalue weighted by Gasteiger charge is 2.37. The van der Waals surface area contributed by atoms with Gasteiger partial charge in [-0.15, -0.1) is 5.10 Å². The van der Waals surface area contributed by atoms with Gasteiger partial charge in [0.15, 0.2) is 5.69 Å². The molecule has 0 spiro atoms. The van der Waals surface area contributed by atoms with Crippen LogP contribution in [-0.2, 0) is 33.5 Å². The Kier molecular flexibility index (Phi) is 10.1. The maximum absolute atomic E-state index is 14.4. The van der Waals surface area contributed by atoms with Crippen molar-refractivity contribution in [2.75, 3.05) is 59.7 Å². The summed E-state index contributed by atoms with van der Waals surface area (Å²) < 4.78 is 12.7. The number of methoxy groups -OCH3 is 1. The van der Waals surface area contributed by atoms with Gasteiger partial charge in [-0.25, -0.2) is 4.68 Å². The molecule has 0 radical (unpaired) electrons. The number of hydrogen-bond acceptors (Lipinski definition) is 7. The fourth-order valence-electron chi connectivity index (χ4n) is 6.54. The third-order valence-electron chi connectivity index (χ3n) is 8.59. The van der Waals surface area contributed by atoms with E-state index in [4.69, 9.17) is 9.47 Å². The van der Waals surface area contributed by atoms with Gasteiger partial charge in [-0.1, -0.05) is 31.2 Å². The van der Waals surface area contributed by atoms with E-state index in [2.05, 4.69) is 47.7 Å². The van der Waals surface area contributed by atoms with Gasteiger partial charge in [0.1, 0.15) is 0 Å². The van der Waals surface area contributed by atoms with Crippen molar-refractivity contribution in [2.24, 2.45) is 11.8 Å². The number of carbonyl (C=O) groups is 2. The van der Waals surface area contributed by atoms with Gasteiger partial charge in [0.25, 0.3) is 5.91 Å². The van der Waals surface area contributed by atoms with E-state index < -0.39 is 0 Å². The number of benzene rings is 1. The van der Waals surface area contributed by atoms with Crippen molar-refractivity contribution in [1.82, 2.24) is 30.1 Å². The lowest BCUT2D eigenvalue weighted by atomic mass is 9.92. The van der Waals surface area contributed by atoms with Crippen LogP contribution in [0.1, 0.15) is 66.8 Å². The molecule has 0 bridgehead atoms. The maximum atomic E-state index is 14.4. The van der Waals surface area contributed by atoms with E-state index in [1.54, 1.807) is 7.11 Å². The van der Waals surface area contributed by atoms with Crippen LogP contribution in [0.2, 0.25) is 0 Å². The minimum absolute atomic E-state index is 0.0921. The second-order valence-corrected chi connectivity index (χ2v) is 12.0. The fourth-order valence-corrected chi connectivity index (χ4v) is 6.54. The number of aromatic nitrogens is 3. The number of morpholine rings is 1. The van der Waals surface area contributed by atoms with Gasteiger partial charge >= 0.3 is 0 Å². The molecule has 2 aromatic rings. The summed E-state index contributed by atoms with van der Waals surface area (Å²) in [4.78, 5) is 31.6. The minimum Gasteiger partial charge on any atom is -0.385 e. The number of fused-ring (bicyclic) bond motifs is 1. The Labute approximate surface area is 243 Å². The van der Waals surface area contributed by atoms with Crippen molar-refractivity contribution < 1.29 is 19.1 Å². The first-order valence-electron chi connectivity index (χ1n) is 15.4. The zero-order valence-corrected chi connectivity index (χ0v) is 24.9. The predicted octanol–water partition coefficient (Wildman–Crippen LogP) is 2.66. The summed E-state index contributed by atoms with van der Waals surface area (Å²) in [6.07, 6.45) is 6.34.